The minimum Gasteiger partial charge on any atom is -0.369 e. The maximum atomic E-state index is 12.4. The molecule has 0 unspecified atom stereocenters. The maximum absolute atomic E-state index is 12.4. The minimum atomic E-state index is -0.0440. The largest absolute Gasteiger partial charge is 0.369 e. The van der Waals surface area contributed by atoms with E-state index in [-0.39, 0.29) is 24.4 Å². The number of carbonyl (C=O) groups excluding carboxylic acids is 2. The number of likely N-dealkylation sites (tertiary alicyclic amines) is 1. The van der Waals surface area contributed by atoms with Crippen LogP contribution in [0.15, 0.2) is 24.5 Å². The second-order valence-corrected chi connectivity index (χ2v) is 7.11. The standard InChI is InChI=1S/C18H26N4O2/c1-13(2)15-10-22(14-5-7-19-8-6-14)11-16(15)20-17(23)12-21-9-3-4-18(21)24/h5-8,13,15-16H,3-4,9-12H2,1-2H3,(H,20,23)/t15-,16+/m1/s1. The van der Waals surface area contributed by atoms with Crippen LogP contribution in [0.5, 0.6) is 0 Å². The van der Waals surface area contributed by atoms with Crippen molar-refractivity contribution in [2.75, 3.05) is 31.1 Å². The topological polar surface area (TPSA) is 65.5 Å². The summed E-state index contributed by atoms with van der Waals surface area (Å²) < 4.78 is 0. The van der Waals surface area contributed by atoms with Crippen molar-refractivity contribution >= 4 is 17.5 Å². The van der Waals surface area contributed by atoms with Crippen LogP contribution in [0.2, 0.25) is 0 Å². The first kappa shape index (κ1) is 16.7. The fraction of sp³-hybridized carbons (Fsp3) is 0.611. The van der Waals surface area contributed by atoms with Crippen molar-refractivity contribution < 1.29 is 9.59 Å². The number of carbonyl (C=O) groups is 2. The Balaban J connectivity index is 1.62. The van der Waals surface area contributed by atoms with Crippen molar-refractivity contribution in [3.05, 3.63) is 24.5 Å². The van der Waals surface area contributed by atoms with E-state index in [2.05, 4.69) is 29.0 Å². The first-order chi connectivity index (χ1) is 11.5. The molecule has 2 fully saturated rings. The Bertz CT molecular complexity index is 590. The van der Waals surface area contributed by atoms with Gasteiger partial charge in [-0.05, 0) is 24.5 Å². The average molecular weight is 330 g/mol. The monoisotopic (exact) mass is 330 g/mol. The van der Waals surface area contributed by atoms with Crippen LogP contribution in [0, 0.1) is 11.8 Å². The summed E-state index contributed by atoms with van der Waals surface area (Å²) in [4.78, 5) is 32.1. The molecule has 6 nitrogen and oxygen atoms in total. The smallest absolute Gasteiger partial charge is 0.239 e. The molecule has 2 saturated heterocycles. The zero-order valence-corrected chi connectivity index (χ0v) is 14.4. The summed E-state index contributed by atoms with van der Waals surface area (Å²) in [6.07, 6.45) is 5.02. The van der Waals surface area contributed by atoms with Crippen LogP contribution in [-0.4, -0.2) is 53.9 Å². The Hall–Kier alpha value is -2.11. The first-order valence-corrected chi connectivity index (χ1v) is 8.76. The molecule has 24 heavy (non-hydrogen) atoms. The van der Waals surface area contributed by atoms with E-state index in [9.17, 15) is 9.59 Å². The van der Waals surface area contributed by atoms with E-state index in [0.717, 1.165) is 25.2 Å². The Morgan fingerprint density at radius 1 is 1.33 bits per heavy atom. The lowest BCUT2D eigenvalue weighted by molar-refractivity contribution is -0.133. The van der Waals surface area contributed by atoms with Crippen LogP contribution in [0.25, 0.3) is 0 Å². The molecule has 2 amide bonds. The number of hydrogen-bond acceptors (Lipinski definition) is 4. The Labute approximate surface area is 143 Å². The van der Waals surface area contributed by atoms with Crippen molar-refractivity contribution in [2.45, 2.75) is 32.7 Å². The van der Waals surface area contributed by atoms with Gasteiger partial charge in [0.25, 0.3) is 0 Å². The minimum absolute atomic E-state index is 0.0440. The molecule has 0 saturated carbocycles. The number of aromatic nitrogens is 1. The van der Waals surface area contributed by atoms with Gasteiger partial charge in [0.2, 0.25) is 11.8 Å². The summed E-state index contributed by atoms with van der Waals surface area (Å²) in [6, 6.07) is 4.12. The van der Waals surface area contributed by atoms with Gasteiger partial charge in [0, 0.05) is 50.1 Å². The van der Waals surface area contributed by atoms with E-state index in [1.807, 2.05) is 12.1 Å². The van der Waals surface area contributed by atoms with Crippen LogP contribution in [-0.2, 0) is 9.59 Å². The highest BCUT2D eigenvalue weighted by Gasteiger charge is 2.36. The van der Waals surface area contributed by atoms with E-state index < -0.39 is 0 Å². The van der Waals surface area contributed by atoms with Gasteiger partial charge in [0.1, 0.15) is 0 Å². The third kappa shape index (κ3) is 3.68. The number of nitrogens with zero attached hydrogens (tertiary/aromatic N) is 3. The SMILES string of the molecule is CC(C)[C@H]1CN(c2ccncc2)C[C@@H]1NC(=O)CN1CCCC1=O. The van der Waals surface area contributed by atoms with E-state index in [1.165, 1.54) is 0 Å². The van der Waals surface area contributed by atoms with Gasteiger partial charge in [0.05, 0.1) is 12.6 Å². The molecule has 1 aromatic heterocycles. The Morgan fingerprint density at radius 3 is 2.71 bits per heavy atom. The molecule has 6 heteroatoms. The summed E-state index contributed by atoms with van der Waals surface area (Å²) >= 11 is 0. The van der Waals surface area contributed by atoms with Gasteiger partial charge >= 0.3 is 0 Å². The molecule has 0 radical (unpaired) electrons. The summed E-state index contributed by atoms with van der Waals surface area (Å²) in [5.41, 5.74) is 1.14. The predicted octanol–water partition coefficient (Wildman–Crippen LogP) is 1.28. The molecular formula is C18H26N4O2. The van der Waals surface area contributed by atoms with Gasteiger partial charge < -0.3 is 15.1 Å². The molecule has 2 aliphatic rings. The summed E-state index contributed by atoms with van der Waals surface area (Å²) in [5, 5.41) is 3.17. The summed E-state index contributed by atoms with van der Waals surface area (Å²) in [6.45, 7) is 7.01. The lowest BCUT2D eigenvalue weighted by Gasteiger charge is -2.24. The van der Waals surface area contributed by atoms with Crippen molar-refractivity contribution in [2.24, 2.45) is 11.8 Å². The zero-order chi connectivity index (χ0) is 17.1. The zero-order valence-electron chi connectivity index (χ0n) is 14.4. The molecule has 3 heterocycles. The van der Waals surface area contributed by atoms with Crippen molar-refractivity contribution in [3.8, 4) is 0 Å². The molecule has 0 aromatic carbocycles. The molecule has 3 rings (SSSR count). The van der Waals surface area contributed by atoms with Gasteiger partial charge in [-0.1, -0.05) is 13.8 Å². The van der Waals surface area contributed by atoms with E-state index >= 15 is 0 Å². The van der Waals surface area contributed by atoms with Crippen LogP contribution < -0.4 is 10.2 Å². The van der Waals surface area contributed by atoms with E-state index in [4.69, 9.17) is 0 Å². The van der Waals surface area contributed by atoms with Gasteiger partial charge in [-0.25, -0.2) is 0 Å². The van der Waals surface area contributed by atoms with Crippen LogP contribution in [0.4, 0.5) is 5.69 Å². The van der Waals surface area contributed by atoms with E-state index in [0.29, 0.717) is 24.8 Å². The van der Waals surface area contributed by atoms with Crippen LogP contribution >= 0.6 is 0 Å². The molecular weight excluding hydrogens is 304 g/mol. The van der Waals surface area contributed by atoms with Gasteiger partial charge in [-0.3, -0.25) is 14.6 Å². The summed E-state index contributed by atoms with van der Waals surface area (Å²) in [5.74, 6) is 0.930. The average Bonchev–Trinajstić information content (AvgIpc) is 3.15. The van der Waals surface area contributed by atoms with Gasteiger partial charge in [-0.15, -0.1) is 0 Å². The third-order valence-electron chi connectivity index (χ3n) is 5.10. The molecule has 0 spiro atoms. The van der Waals surface area contributed by atoms with Crippen LogP contribution in [0.3, 0.4) is 0 Å². The quantitative estimate of drug-likeness (QED) is 0.883. The number of anilines is 1. The Kier molecular flexibility index (Phi) is 5.02. The lowest BCUT2D eigenvalue weighted by Crippen LogP contribution is -2.46. The number of rotatable bonds is 5. The fourth-order valence-electron chi connectivity index (χ4n) is 3.72. The molecule has 1 N–H and O–H groups in total. The first-order valence-electron chi connectivity index (χ1n) is 8.76. The second-order valence-electron chi connectivity index (χ2n) is 7.11. The maximum Gasteiger partial charge on any atom is 0.239 e. The fourth-order valence-corrected chi connectivity index (χ4v) is 3.72. The third-order valence-corrected chi connectivity index (χ3v) is 5.10. The summed E-state index contributed by atoms with van der Waals surface area (Å²) in [7, 11) is 0. The van der Waals surface area contributed by atoms with Crippen LogP contribution in [0.1, 0.15) is 26.7 Å². The number of hydrogen-bond donors (Lipinski definition) is 1. The number of pyridine rings is 1. The highest BCUT2D eigenvalue weighted by atomic mass is 16.2. The predicted molar refractivity (Wildman–Crippen MR) is 92.5 cm³/mol. The second kappa shape index (κ2) is 7.20. The molecule has 130 valence electrons. The Morgan fingerprint density at radius 2 is 2.08 bits per heavy atom. The van der Waals surface area contributed by atoms with Crippen molar-refractivity contribution in [1.82, 2.24) is 15.2 Å². The normalized spacial score (nSPS) is 24.0. The highest BCUT2D eigenvalue weighted by Crippen LogP contribution is 2.28. The van der Waals surface area contributed by atoms with Crippen molar-refractivity contribution in [3.63, 3.8) is 0 Å². The van der Waals surface area contributed by atoms with E-state index in [1.54, 1.807) is 17.3 Å². The van der Waals surface area contributed by atoms with Gasteiger partial charge in [0.15, 0.2) is 0 Å². The lowest BCUT2D eigenvalue weighted by atomic mass is 9.91. The molecule has 0 bridgehead atoms. The molecule has 2 aliphatic heterocycles. The highest BCUT2D eigenvalue weighted by molar-refractivity contribution is 5.86. The molecule has 1 aromatic rings. The molecule has 0 aliphatic carbocycles. The molecule has 2 atom stereocenters. The number of amides is 2. The van der Waals surface area contributed by atoms with Gasteiger partial charge in [-0.2, -0.15) is 0 Å². The number of nitrogens with one attached hydrogen (secondary N) is 1. The van der Waals surface area contributed by atoms with Crippen molar-refractivity contribution in [1.29, 1.82) is 0 Å².